The Morgan fingerprint density at radius 2 is 1.95 bits per heavy atom. The molecule has 2 aromatic rings. The highest BCUT2D eigenvalue weighted by Crippen LogP contribution is 2.32. The monoisotopic (exact) mass is 276 g/mol. The molecule has 0 saturated heterocycles. The summed E-state index contributed by atoms with van der Waals surface area (Å²) in [4.78, 5) is 11.0. The van der Waals surface area contributed by atoms with Crippen LogP contribution in [-0.4, -0.2) is 18.2 Å². The van der Waals surface area contributed by atoms with E-state index in [1.54, 1.807) is 37.4 Å². The maximum atomic E-state index is 11.0. The zero-order chi connectivity index (χ0) is 14.0. The Kier molecular flexibility index (Phi) is 3.76. The molecule has 0 saturated carbocycles. The van der Waals surface area contributed by atoms with E-state index >= 15 is 0 Å². The molecule has 0 fully saturated rings. The lowest BCUT2D eigenvalue weighted by molar-refractivity contribution is 0.0697. The van der Waals surface area contributed by atoms with Gasteiger partial charge in [-0.1, -0.05) is 23.7 Å². The van der Waals surface area contributed by atoms with E-state index in [-0.39, 0.29) is 5.56 Å². The first-order chi connectivity index (χ1) is 9.02. The summed E-state index contributed by atoms with van der Waals surface area (Å²) in [5, 5.41) is 9.54. The molecule has 0 aliphatic heterocycles. The number of hydrogen-bond donors (Lipinski definition) is 1. The lowest BCUT2D eigenvalue weighted by atomic mass is 9.98. The molecule has 0 aliphatic carbocycles. The van der Waals surface area contributed by atoms with Crippen molar-refractivity contribution in [1.29, 1.82) is 0 Å². The van der Waals surface area contributed by atoms with Gasteiger partial charge in [0, 0.05) is 0 Å². The maximum Gasteiger partial charge on any atom is 0.335 e. The number of carbonyl (C=O) groups is 1. The molecule has 98 valence electrons. The number of rotatable bonds is 3. The van der Waals surface area contributed by atoms with E-state index in [2.05, 4.69) is 0 Å². The summed E-state index contributed by atoms with van der Waals surface area (Å²) >= 11 is 6.09. The van der Waals surface area contributed by atoms with E-state index in [4.69, 9.17) is 21.4 Å². The number of halogens is 1. The summed E-state index contributed by atoms with van der Waals surface area (Å²) in [5.41, 5.74) is 2.97. The highest BCUT2D eigenvalue weighted by atomic mass is 35.5. The van der Waals surface area contributed by atoms with Gasteiger partial charge in [0.15, 0.2) is 0 Å². The first-order valence-corrected chi connectivity index (χ1v) is 6.08. The number of aromatic carboxylic acids is 1. The van der Waals surface area contributed by atoms with Crippen LogP contribution in [0.1, 0.15) is 15.9 Å². The molecule has 3 nitrogen and oxygen atoms in total. The molecule has 1 N–H and O–H groups in total. The number of benzene rings is 2. The van der Waals surface area contributed by atoms with Crippen LogP contribution in [0.15, 0.2) is 36.4 Å². The number of methoxy groups -OCH3 is 1. The molecular weight excluding hydrogens is 264 g/mol. The molecule has 0 bridgehead atoms. The van der Waals surface area contributed by atoms with Gasteiger partial charge in [0.25, 0.3) is 0 Å². The van der Waals surface area contributed by atoms with Gasteiger partial charge >= 0.3 is 5.97 Å². The molecule has 0 spiro atoms. The normalized spacial score (nSPS) is 10.3. The van der Waals surface area contributed by atoms with Crippen molar-refractivity contribution < 1.29 is 14.6 Å². The molecule has 0 atom stereocenters. The van der Waals surface area contributed by atoms with Gasteiger partial charge in [-0.05, 0) is 47.9 Å². The summed E-state index contributed by atoms with van der Waals surface area (Å²) in [6, 6.07) is 10.4. The van der Waals surface area contributed by atoms with Crippen LogP contribution in [0.5, 0.6) is 5.75 Å². The van der Waals surface area contributed by atoms with Crippen LogP contribution >= 0.6 is 11.6 Å². The van der Waals surface area contributed by atoms with Crippen molar-refractivity contribution in [3.63, 3.8) is 0 Å². The molecule has 0 aliphatic rings. The number of aryl methyl sites for hydroxylation is 1. The summed E-state index contributed by atoms with van der Waals surface area (Å²) in [6.45, 7) is 1.93. The van der Waals surface area contributed by atoms with Crippen LogP contribution in [0.4, 0.5) is 0 Å². The minimum absolute atomic E-state index is 0.257. The van der Waals surface area contributed by atoms with E-state index in [0.717, 1.165) is 16.7 Å². The summed E-state index contributed by atoms with van der Waals surface area (Å²) in [7, 11) is 1.55. The van der Waals surface area contributed by atoms with Crippen molar-refractivity contribution in [2.24, 2.45) is 0 Å². The van der Waals surface area contributed by atoms with Crippen LogP contribution in [-0.2, 0) is 0 Å². The molecule has 4 heteroatoms. The third-order valence-corrected chi connectivity index (χ3v) is 3.24. The lowest BCUT2D eigenvalue weighted by Crippen LogP contribution is -1.97. The molecule has 0 aromatic heterocycles. The molecular formula is C15H13ClO3. The van der Waals surface area contributed by atoms with Crippen LogP contribution < -0.4 is 4.74 Å². The Hall–Kier alpha value is -2.00. The van der Waals surface area contributed by atoms with Gasteiger partial charge in [0.2, 0.25) is 0 Å². The third-order valence-electron chi connectivity index (χ3n) is 2.95. The highest BCUT2D eigenvalue weighted by molar-refractivity contribution is 6.32. The topological polar surface area (TPSA) is 46.5 Å². The molecule has 0 heterocycles. The SMILES string of the molecule is COc1ccc(-c2cc(C(=O)O)ccc2C)cc1Cl. The van der Waals surface area contributed by atoms with Gasteiger partial charge in [-0.15, -0.1) is 0 Å². The average molecular weight is 277 g/mol. The van der Waals surface area contributed by atoms with Crippen LogP contribution in [0.3, 0.4) is 0 Å². The quantitative estimate of drug-likeness (QED) is 0.921. The highest BCUT2D eigenvalue weighted by Gasteiger charge is 2.09. The molecule has 0 unspecified atom stereocenters. The van der Waals surface area contributed by atoms with E-state index in [9.17, 15) is 4.79 Å². The Bertz CT molecular complexity index is 635. The first-order valence-electron chi connectivity index (χ1n) is 5.71. The molecule has 2 rings (SSSR count). The lowest BCUT2D eigenvalue weighted by Gasteiger charge is -2.10. The van der Waals surface area contributed by atoms with Crippen molar-refractivity contribution in [2.45, 2.75) is 6.92 Å². The van der Waals surface area contributed by atoms with Crippen molar-refractivity contribution >= 4 is 17.6 Å². The van der Waals surface area contributed by atoms with Crippen LogP contribution in [0.2, 0.25) is 5.02 Å². The summed E-state index contributed by atoms with van der Waals surface area (Å²) < 4.78 is 5.10. The van der Waals surface area contributed by atoms with Crippen LogP contribution in [0, 0.1) is 6.92 Å². The Labute approximate surface area is 116 Å². The number of carboxylic acid groups (broad SMARTS) is 1. The Morgan fingerprint density at radius 1 is 1.21 bits per heavy atom. The zero-order valence-corrected chi connectivity index (χ0v) is 11.4. The van der Waals surface area contributed by atoms with E-state index in [0.29, 0.717) is 10.8 Å². The van der Waals surface area contributed by atoms with Crippen molar-refractivity contribution in [3.05, 3.63) is 52.5 Å². The molecule has 2 aromatic carbocycles. The van der Waals surface area contributed by atoms with Crippen LogP contribution in [0.25, 0.3) is 11.1 Å². The second kappa shape index (κ2) is 5.33. The van der Waals surface area contributed by atoms with Gasteiger partial charge in [-0.3, -0.25) is 0 Å². The molecule has 0 radical (unpaired) electrons. The largest absolute Gasteiger partial charge is 0.495 e. The summed E-state index contributed by atoms with van der Waals surface area (Å²) in [5.74, 6) is -0.349. The van der Waals surface area contributed by atoms with Gasteiger partial charge in [-0.2, -0.15) is 0 Å². The Balaban J connectivity index is 2.54. The van der Waals surface area contributed by atoms with Gasteiger partial charge in [-0.25, -0.2) is 4.79 Å². The molecule has 19 heavy (non-hydrogen) atoms. The van der Waals surface area contributed by atoms with Crippen molar-refractivity contribution in [1.82, 2.24) is 0 Å². The zero-order valence-electron chi connectivity index (χ0n) is 10.6. The third kappa shape index (κ3) is 2.71. The number of hydrogen-bond acceptors (Lipinski definition) is 2. The van der Waals surface area contributed by atoms with Gasteiger partial charge in [0.1, 0.15) is 5.75 Å². The standard InChI is InChI=1S/C15H13ClO3/c1-9-3-4-11(15(17)18)7-12(9)10-5-6-14(19-2)13(16)8-10/h3-8H,1-2H3,(H,17,18). The maximum absolute atomic E-state index is 11.0. The number of ether oxygens (including phenoxy) is 1. The van der Waals surface area contributed by atoms with Crippen molar-refractivity contribution in [2.75, 3.05) is 7.11 Å². The molecule has 0 amide bonds. The fourth-order valence-electron chi connectivity index (χ4n) is 1.90. The smallest absolute Gasteiger partial charge is 0.335 e. The Morgan fingerprint density at radius 3 is 2.53 bits per heavy atom. The van der Waals surface area contributed by atoms with Gasteiger partial charge < -0.3 is 9.84 Å². The predicted octanol–water partition coefficient (Wildman–Crippen LogP) is 4.02. The van der Waals surface area contributed by atoms with Gasteiger partial charge in [0.05, 0.1) is 17.7 Å². The second-order valence-corrected chi connectivity index (χ2v) is 4.59. The predicted molar refractivity (Wildman–Crippen MR) is 75.1 cm³/mol. The summed E-state index contributed by atoms with van der Waals surface area (Å²) in [6.07, 6.45) is 0. The minimum atomic E-state index is -0.944. The minimum Gasteiger partial charge on any atom is -0.495 e. The van der Waals surface area contributed by atoms with Crippen molar-refractivity contribution in [3.8, 4) is 16.9 Å². The van der Waals surface area contributed by atoms with E-state index < -0.39 is 5.97 Å². The first kappa shape index (κ1) is 13.4. The second-order valence-electron chi connectivity index (χ2n) is 4.18. The average Bonchev–Trinajstić information content (AvgIpc) is 2.38. The van der Waals surface area contributed by atoms with E-state index in [1.165, 1.54) is 0 Å². The fourth-order valence-corrected chi connectivity index (χ4v) is 2.16. The van der Waals surface area contributed by atoms with E-state index in [1.807, 2.05) is 13.0 Å². The number of carboxylic acids is 1. The fraction of sp³-hybridized carbons (Fsp3) is 0.133.